The van der Waals surface area contributed by atoms with Crippen LogP contribution in [0, 0.1) is 0 Å². The highest BCUT2D eigenvalue weighted by atomic mass is 35.5. The van der Waals surface area contributed by atoms with Gasteiger partial charge in [-0.3, -0.25) is 0 Å². The van der Waals surface area contributed by atoms with E-state index in [0.717, 1.165) is 30.4 Å². The van der Waals surface area contributed by atoms with E-state index in [4.69, 9.17) is 28.9 Å². The van der Waals surface area contributed by atoms with E-state index in [1.54, 1.807) is 6.07 Å². The first-order valence-electron chi connectivity index (χ1n) is 5.24. The quantitative estimate of drug-likeness (QED) is 0.911. The molecular formula is C11H13Cl2N3. The number of nitrogen functional groups attached to an aromatic ring is 1. The van der Waals surface area contributed by atoms with Crippen molar-refractivity contribution < 1.29 is 0 Å². The standard InChI is InChI=1S/C11H13Cl2N3/c1-2-3-4-16-10-6-8(13)7(12)5-9(10)15-11(16)14/h5-6H,2-4H2,1H3,(H2,14,15). The molecule has 1 aromatic heterocycles. The van der Waals surface area contributed by atoms with Crippen molar-refractivity contribution in [3.63, 3.8) is 0 Å². The lowest BCUT2D eigenvalue weighted by atomic mass is 10.3. The van der Waals surface area contributed by atoms with Crippen LogP contribution in [0.3, 0.4) is 0 Å². The molecule has 0 aliphatic heterocycles. The molecule has 86 valence electrons. The van der Waals surface area contributed by atoms with Crippen molar-refractivity contribution in [1.82, 2.24) is 9.55 Å². The number of aromatic nitrogens is 2. The molecule has 1 heterocycles. The van der Waals surface area contributed by atoms with Gasteiger partial charge in [-0.2, -0.15) is 0 Å². The Balaban J connectivity index is 2.55. The molecule has 0 radical (unpaired) electrons. The van der Waals surface area contributed by atoms with Crippen molar-refractivity contribution in [1.29, 1.82) is 0 Å². The maximum Gasteiger partial charge on any atom is 0.201 e. The summed E-state index contributed by atoms with van der Waals surface area (Å²) in [4.78, 5) is 4.27. The van der Waals surface area contributed by atoms with Crippen LogP contribution in [0.1, 0.15) is 19.8 Å². The first kappa shape index (κ1) is 11.6. The molecule has 0 aliphatic rings. The number of hydrogen-bond acceptors (Lipinski definition) is 2. The molecule has 5 heteroatoms. The lowest BCUT2D eigenvalue weighted by Gasteiger charge is -2.05. The number of anilines is 1. The minimum absolute atomic E-state index is 0.509. The van der Waals surface area contributed by atoms with Gasteiger partial charge in [-0.1, -0.05) is 36.5 Å². The Kier molecular flexibility index (Phi) is 3.26. The number of halogens is 2. The molecule has 0 fully saturated rings. The summed E-state index contributed by atoms with van der Waals surface area (Å²) in [6.45, 7) is 3.00. The highest BCUT2D eigenvalue weighted by Gasteiger charge is 2.10. The van der Waals surface area contributed by atoms with E-state index < -0.39 is 0 Å². The molecule has 2 N–H and O–H groups in total. The van der Waals surface area contributed by atoms with Crippen LogP contribution in [0.15, 0.2) is 12.1 Å². The first-order chi connectivity index (χ1) is 7.63. The van der Waals surface area contributed by atoms with E-state index in [0.29, 0.717) is 16.0 Å². The number of unbranched alkanes of at least 4 members (excludes halogenated alkanes) is 1. The third-order valence-corrected chi connectivity index (χ3v) is 3.28. The number of benzene rings is 1. The van der Waals surface area contributed by atoms with E-state index in [1.165, 1.54) is 0 Å². The molecular weight excluding hydrogens is 245 g/mol. The van der Waals surface area contributed by atoms with Gasteiger partial charge in [0.1, 0.15) is 0 Å². The maximum absolute atomic E-state index is 5.99. The van der Waals surface area contributed by atoms with Crippen molar-refractivity contribution >= 4 is 40.2 Å². The van der Waals surface area contributed by atoms with Crippen LogP contribution >= 0.6 is 23.2 Å². The van der Waals surface area contributed by atoms with Crippen LogP contribution < -0.4 is 5.73 Å². The molecule has 0 bridgehead atoms. The molecule has 0 saturated heterocycles. The summed E-state index contributed by atoms with van der Waals surface area (Å²) in [5.41, 5.74) is 7.60. The van der Waals surface area contributed by atoms with Gasteiger partial charge in [0.05, 0.1) is 21.1 Å². The summed E-state index contributed by atoms with van der Waals surface area (Å²) in [6, 6.07) is 3.57. The van der Waals surface area contributed by atoms with Gasteiger partial charge >= 0.3 is 0 Å². The van der Waals surface area contributed by atoms with Crippen molar-refractivity contribution in [3.05, 3.63) is 22.2 Å². The average molecular weight is 258 g/mol. The zero-order valence-corrected chi connectivity index (χ0v) is 10.5. The Hall–Kier alpha value is -0.930. The zero-order chi connectivity index (χ0) is 11.7. The molecule has 16 heavy (non-hydrogen) atoms. The Morgan fingerprint density at radius 3 is 2.69 bits per heavy atom. The Labute approximate surface area is 104 Å². The van der Waals surface area contributed by atoms with Crippen LogP contribution in [-0.4, -0.2) is 9.55 Å². The van der Waals surface area contributed by atoms with E-state index in [1.807, 2.05) is 10.6 Å². The summed E-state index contributed by atoms with van der Waals surface area (Å²) in [5.74, 6) is 0.516. The fourth-order valence-electron chi connectivity index (χ4n) is 1.69. The van der Waals surface area contributed by atoms with Crippen molar-refractivity contribution in [2.75, 3.05) is 5.73 Å². The number of aryl methyl sites for hydroxylation is 1. The summed E-state index contributed by atoms with van der Waals surface area (Å²) < 4.78 is 1.97. The molecule has 0 amide bonds. The van der Waals surface area contributed by atoms with Gasteiger partial charge in [-0.15, -0.1) is 0 Å². The van der Waals surface area contributed by atoms with Crippen molar-refractivity contribution in [3.8, 4) is 0 Å². The molecule has 2 rings (SSSR count). The summed E-state index contributed by atoms with van der Waals surface area (Å²) in [6.07, 6.45) is 2.18. The largest absolute Gasteiger partial charge is 0.369 e. The minimum Gasteiger partial charge on any atom is -0.369 e. The predicted molar refractivity (Wildman–Crippen MR) is 69.1 cm³/mol. The molecule has 3 nitrogen and oxygen atoms in total. The number of rotatable bonds is 3. The summed E-state index contributed by atoms with van der Waals surface area (Å²) >= 11 is 11.9. The van der Waals surface area contributed by atoms with Crippen LogP contribution in [0.2, 0.25) is 10.0 Å². The Bertz CT molecular complexity index is 519. The van der Waals surface area contributed by atoms with Gasteiger partial charge < -0.3 is 10.3 Å². The first-order valence-corrected chi connectivity index (χ1v) is 6.00. The summed E-state index contributed by atoms with van der Waals surface area (Å²) in [5, 5.41) is 1.04. The van der Waals surface area contributed by atoms with Gasteiger partial charge in [-0.05, 0) is 18.6 Å². The second-order valence-corrected chi connectivity index (χ2v) is 4.54. The molecule has 2 aromatic rings. The van der Waals surface area contributed by atoms with Crippen molar-refractivity contribution in [2.45, 2.75) is 26.3 Å². The SMILES string of the molecule is CCCCn1c(N)nc2cc(Cl)c(Cl)cc21. The second kappa shape index (κ2) is 4.52. The van der Waals surface area contributed by atoms with E-state index in [2.05, 4.69) is 11.9 Å². The summed E-state index contributed by atoms with van der Waals surface area (Å²) in [7, 11) is 0. The number of fused-ring (bicyclic) bond motifs is 1. The van der Waals surface area contributed by atoms with Gasteiger partial charge in [0.2, 0.25) is 5.95 Å². The van der Waals surface area contributed by atoms with Crippen molar-refractivity contribution in [2.24, 2.45) is 0 Å². The Morgan fingerprint density at radius 1 is 1.31 bits per heavy atom. The maximum atomic E-state index is 5.99. The van der Waals surface area contributed by atoms with Gasteiger partial charge in [0.15, 0.2) is 0 Å². The number of imidazole rings is 1. The van der Waals surface area contributed by atoms with Gasteiger partial charge in [0.25, 0.3) is 0 Å². The zero-order valence-electron chi connectivity index (χ0n) is 9.00. The number of hydrogen-bond donors (Lipinski definition) is 1. The van der Waals surface area contributed by atoms with E-state index >= 15 is 0 Å². The van der Waals surface area contributed by atoms with Crippen LogP contribution in [-0.2, 0) is 6.54 Å². The van der Waals surface area contributed by atoms with Gasteiger partial charge in [-0.25, -0.2) is 4.98 Å². The van der Waals surface area contributed by atoms with Crippen LogP contribution in [0.5, 0.6) is 0 Å². The molecule has 0 atom stereocenters. The van der Waals surface area contributed by atoms with E-state index in [-0.39, 0.29) is 0 Å². The number of nitrogens with zero attached hydrogens (tertiary/aromatic N) is 2. The monoisotopic (exact) mass is 257 g/mol. The second-order valence-electron chi connectivity index (χ2n) is 3.73. The Morgan fingerprint density at radius 2 is 2.00 bits per heavy atom. The molecule has 0 unspecified atom stereocenters. The normalized spacial score (nSPS) is 11.2. The smallest absolute Gasteiger partial charge is 0.201 e. The molecule has 0 saturated carbocycles. The third kappa shape index (κ3) is 1.97. The minimum atomic E-state index is 0.509. The lowest BCUT2D eigenvalue weighted by Crippen LogP contribution is -2.02. The molecule has 0 aliphatic carbocycles. The highest BCUT2D eigenvalue weighted by Crippen LogP contribution is 2.29. The molecule has 1 aromatic carbocycles. The molecule has 0 spiro atoms. The lowest BCUT2D eigenvalue weighted by molar-refractivity contribution is 0.653. The predicted octanol–water partition coefficient (Wildman–Crippen LogP) is 3.73. The van der Waals surface area contributed by atoms with Crippen LogP contribution in [0.4, 0.5) is 5.95 Å². The average Bonchev–Trinajstić information content (AvgIpc) is 2.52. The fraction of sp³-hybridized carbons (Fsp3) is 0.364. The topological polar surface area (TPSA) is 43.8 Å². The highest BCUT2D eigenvalue weighted by molar-refractivity contribution is 6.42. The number of nitrogens with two attached hydrogens (primary N) is 1. The third-order valence-electron chi connectivity index (χ3n) is 2.56. The van der Waals surface area contributed by atoms with Gasteiger partial charge in [0, 0.05) is 6.54 Å². The van der Waals surface area contributed by atoms with Crippen LogP contribution in [0.25, 0.3) is 11.0 Å². The van der Waals surface area contributed by atoms with E-state index in [9.17, 15) is 0 Å². The fourth-order valence-corrected chi connectivity index (χ4v) is 2.01.